The molecule has 1 heterocycles. The van der Waals surface area contributed by atoms with Gasteiger partial charge in [-0.25, -0.2) is 9.18 Å². The molecule has 136 valence electrons. The number of halogens is 1. The lowest BCUT2D eigenvalue weighted by atomic mass is 10.2. The Labute approximate surface area is 150 Å². The van der Waals surface area contributed by atoms with Crippen LogP contribution in [0.2, 0.25) is 0 Å². The summed E-state index contributed by atoms with van der Waals surface area (Å²) >= 11 is 0. The molecule has 0 bridgehead atoms. The second-order valence-corrected chi connectivity index (χ2v) is 6.43. The first-order chi connectivity index (χ1) is 12.5. The Balaban J connectivity index is 1.97. The number of nitrogens with one attached hydrogen (secondary N) is 1. The molecule has 1 fully saturated rings. The van der Waals surface area contributed by atoms with E-state index in [2.05, 4.69) is 22.1 Å². The summed E-state index contributed by atoms with van der Waals surface area (Å²) in [5, 5.41) is 17.5. The molecule has 0 amide bonds. The maximum absolute atomic E-state index is 13.7. The quantitative estimate of drug-likeness (QED) is 0.426. The van der Waals surface area contributed by atoms with E-state index >= 15 is 0 Å². The van der Waals surface area contributed by atoms with E-state index in [1.807, 2.05) is 4.68 Å². The van der Waals surface area contributed by atoms with Crippen molar-refractivity contribution in [2.24, 2.45) is 10.9 Å². The minimum atomic E-state index is -1.10. The number of fused-ring (bicyclic) bond motifs is 1. The number of nitrogens with zero attached hydrogens (tertiary/aromatic N) is 3. The Hall–Kier alpha value is -2.96. The zero-order valence-electron chi connectivity index (χ0n) is 14.6. The van der Waals surface area contributed by atoms with E-state index in [9.17, 15) is 14.3 Å². The zero-order chi connectivity index (χ0) is 18.7. The summed E-state index contributed by atoms with van der Waals surface area (Å²) < 4.78 is 15.6. The van der Waals surface area contributed by atoms with Crippen LogP contribution in [0.5, 0.6) is 0 Å². The molecule has 1 aromatic carbocycles. The van der Waals surface area contributed by atoms with Crippen molar-refractivity contribution in [2.75, 3.05) is 5.32 Å². The maximum Gasteiger partial charge on any atom is 0.337 e. The van der Waals surface area contributed by atoms with Gasteiger partial charge >= 0.3 is 5.97 Å². The lowest BCUT2D eigenvalue weighted by Gasteiger charge is -2.06. The second kappa shape index (κ2) is 7.51. The summed E-state index contributed by atoms with van der Waals surface area (Å²) in [4.78, 5) is 15.0. The fraction of sp³-hybridized carbons (Fsp3) is 0.316. The molecule has 6 nitrogen and oxygen atoms in total. The van der Waals surface area contributed by atoms with Crippen LogP contribution in [-0.4, -0.2) is 27.6 Å². The number of aliphatic imine (C=N–C) groups is 1. The molecule has 0 atom stereocenters. The Morgan fingerprint density at radius 1 is 1.54 bits per heavy atom. The molecular formula is C19H21FN4O2. The fourth-order valence-corrected chi connectivity index (χ4v) is 2.85. The number of anilines is 1. The van der Waals surface area contributed by atoms with E-state index in [0.717, 1.165) is 24.4 Å². The molecule has 1 aliphatic rings. The molecule has 2 aromatic rings. The molecule has 0 saturated heterocycles. The molecule has 1 saturated carbocycles. The molecule has 0 aliphatic heterocycles. The number of carbonyl (C=O) groups is 1. The van der Waals surface area contributed by atoms with E-state index in [1.54, 1.807) is 13.0 Å². The number of hydrogen-bond acceptors (Lipinski definition) is 4. The van der Waals surface area contributed by atoms with Crippen molar-refractivity contribution in [3.63, 3.8) is 0 Å². The molecule has 1 aliphatic carbocycles. The van der Waals surface area contributed by atoms with E-state index in [4.69, 9.17) is 0 Å². The van der Waals surface area contributed by atoms with Crippen molar-refractivity contribution < 1.29 is 14.3 Å². The third-order valence-corrected chi connectivity index (χ3v) is 4.45. The summed E-state index contributed by atoms with van der Waals surface area (Å²) in [6, 6.07) is 4.52. The smallest absolute Gasteiger partial charge is 0.337 e. The topological polar surface area (TPSA) is 79.5 Å². The number of carboxylic acids is 1. The second-order valence-electron chi connectivity index (χ2n) is 6.43. The lowest BCUT2D eigenvalue weighted by Crippen LogP contribution is -2.08. The molecular weight excluding hydrogens is 335 g/mol. The van der Waals surface area contributed by atoms with Gasteiger partial charge in [0.2, 0.25) is 0 Å². The van der Waals surface area contributed by atoms with Gasteiger partial charge in [0.05, 0.1) is 11.1 Å². The average Bonchev–Trinajstić information content (AvgIpc) is 3.37. The summed E-state index contributed by atoms with van der Waals surface area (Å²) in [5.74, 6) is -0.272. The largest absolute Gasteiger partial charge is 0.478 e. The minimum absolute atomic E-state index is 0.0366. The van der Waals surface area contributed by atoms with Crippen LogP contribution < -0.4 is 5.32 Å². The molecule has 0 unspecified atom stereocenters. The highest BCUT2D eigenvalue weighted by Crippen LogP contribution is 2.34. The standard InChI is InChI=1S/C19H21FN4O2/c1-12(15(19(25)26)7-9-21-2)22-18-16-11-14(20)5-6-17(16)24(23-18)10-8-13-3-4-13/h5-7,9,11,13H,2-4,8,10H2,1H3,(H,22,23)(H,25,26)/b9-7-,15-12-. The number of allylic oxidation sites excluding steroid dienone is 1. The van der Waals surface area contributed by atoms with Crippen molar-refractivity contribution in [1.82, 2.24) is 9.78 Å². The normalized spacial score (nSPS) is 15.3. The first kappa shape index (κ1) is 17.8. The van der Waals surface area contributed by atoms with Gasteiger partial charge in [0.25, 0.3) is 0 Å². The molecule has 3 rings (SSSR count). The van der Waals surface area contributed by atoms with Gasteiger partial charge in [0, 0.05) is 23.8 Å². The van der Waals surface area contributed by atoms with Crippen molar-refractivity contribution in [1.29, 1.82) is 0 Å². The summed E-state index contributed by atoms with van der Waals surface area (Å²) in [7, 11) is 0. The third kappa shape index (κ3) is 3.99. The van der Waals surface area contributed by atoms with Crippen molar-refractivity contribution in [3.05, 3.63) is 47.6 Å². The van der Waals surface area contributed by atoms with E-state index in [-0.39, 0.29) is 11.4 Å². The fourth-order valence-electron chi connectivity index (χ4n) is 2.85. The molecule has 2 N–H and O–H groups in total. The predicted molar refractivity (Wildman–Crippen MR) is 99.7 cm³/mol. The van der Waals surface area contributed by atoms with Gasteiger partial charge in [0.15, 0.2) is 5.82 Å². The van der Waals surface area contributed by atoms with Crippen LogP contribution in [0.25, 0.3) is 10.9 Å². The van der Waals surface area contributed by atoms with Gasteiger partial charge in [-0.2, -0.15) is 5.10 Å². The zero-order valence-corrected chi connectivity index (χ0v) is 14.6. The number of aliphatic carboxylic acids is 1. The molecule has 0 spiro atoms. The van der Waals surface area contributed by atoms with Crippen LogP contribution in [0.3, 0.4) is 0 Å². The van der Waals surface area contributed by atoms with E-state index in [1.165, 1.54) is 37.3 Å². The summed E-state index contributed by atoms with van der Waals surface area (Å²) in [6.45, 7) is 5.68. The van der Waals surface area contributed by atoms with Gasteiger partial charge in [-0.05, 0) is 50.3 Å². The number of hydrogen-bond donors (Lipinski definition) is 2. The predicted octanol–water partition coefficient (Wildman–Crippen LogP) is 3.96. The van der Waals surface area contributed by atoms with Crippen LogP contribution >= 0.6 is 0 Å². The highest BCUT2D eigenvalue weighted by molar-refractivity contribution is 5.94. The van der Waals surface area contributed by atoms with Gasteiger partial charge in [0.1, 0.15) is 5.82 Å². The Morgan fingerprint density at radius 2 is 2.31 bits per heavy atom. The van der Waals surface area contributed by atoms with Crippen LogP contribution in [-0.2, 0) is 11.3 Å². The summed E-state index contributed by atoms with van der Waals surface area (Å²) in [5.41, 5.74) is 1.24. The number of aryl methyl sites for hydroxylation is 1. The van der Waals surface area contributed by atoms with Crippen LogP contribution in [0.15, 0.2) is 46.7 Å². The van der Waals surface area contributed by atoms with Crippen LogP contribution in [0.1, 0.15) is 26.2 Å². The number of benzene rings is 1. The average molecular weight is 356 g/mol. The molecule has 26 heavy (non-hydrogen) atoms. The summed E-state index contributed by atoms with van der Waals surface area (Å²) in [6.07, 6.45) is 6.21. The maximum atomic E-state index is 13.7. The Morgan fingerprint density at radius 3 is 2.96 bits per heavy atom. The minimum Gasteiger partial charge on any atom is -0.478 e. The van der Waals surface area contributed by atoms with Crippen LogP contribution in [0.4, 0.5) is 10.2 Å². The monoisotopic (exact) mass is 356 g/mol. The first-order valence-corrected chi connectivity index (χ1v) is 8.49. The lowest BCUT2D eigenvalue weighted by molar-refractivity contribution is -0.132. The molecule has 7 heteroatoms. The van der Waals surface area contributed by atoms with Crippen LogP contribution in [0, 0.1) is 11.7 Å². The highest BCUT2D eigenvalue weighted by Gasteiger charge is 2.22. The van der Waals surface area contributed by atoms with E-state index < -0.39 is 5.97 Å². The van der Waals surface area contributed by atoms with Crippen molar-refractivity contribution in [3.8, 4) is 0 Å². The van der Waals surface area contributed by atoms with Gasteiger partial charge in [-0.3, -0.25) is 9.67 Å². The SMILES string of the molecule is C=N/C=C\C(C(=O)O)=C(/C)Nc1nn(CCC2CC2)c2ccc(F)cc12. The van der Waals surface area contributed by atoms with Crippen molar-refractivity contribution in [2.45, 2.75) is 32.7 Å². The number of carboxylic acid groups (broad SMARTS) is 1. The molecule has 1 aromatic heterocycles. The Kier molecular flexibility index (Phi) is 5.16. The first-order valence-electron chi connectivity index (χ1n) is 8.49. The highest BCUT2D eigenvalue weighted by atomic mass is 19.1. The van der Waals surface area contributed by atoms with E-state index in [0.29, 0.717) is 16.9 Å². The Bertz CT molecular complexity index is 910. The van der Waals surface area contributed by atoms with Gasteiger partial charge < -0.3 is 10.4 Å². The number of rotatable bonds is 8. The van der Waals surface area contributed by atoms with Crippen molar-refractivity contribution >= 4 is 29.4 Å². The van der Waals surface area contributed by atoms with Gasteiger partial charge in [-0.15, -0.1) is 0 Å². The molecule has 0 radical (unpaired) electrons. The van der Waals surface area contributed by atoms with Gasteiger partial charge in [-0.1, -0.05) is 12.8 Å². The third-order valence-electron chi connectivity index (χ3n) is 4.45. The number of aromatic nitrogens is 2.